The number of rotatable bonds is 4. The van der Waals surface area contributed by atoms with E-state index in [2.05, 4.69) is 45.1 Å². The summed E-state index contributed by atoms with van der Waals surface area (Å²) in [5.41, 5.74) is 1.21. The van der Waals surface area contributed by atoms with Gasteiger partial charge in [0.05, 0.1) is 6.54 Å². The Bertz CT molecular complexity index is 388. The van der Waals surface area contributed by atoms with Crippen LogP contribution in [0.3, 0.4) is 0 Å². The summed E-state index contributed by atoms with van der Waals surface area (Å²) in [6.07, 6.45) is 4.61. The van der Waals surface area contributed by atoms with Crippen LogP contribution in [0.1, 0.15) is 18.5 Å². The minimum absolute atomic E-state index is 0. The molecule has 4 nitrogen and oxygen atoms in total. The lowest BCUT2D eigenvalue weighted by molar-refractivity contribution is 0.437. The van der Waals surface area contributed by atoms with Crippen molar-refractivity contribution in [2.45, 2.75) is 19.4 Å². The van der Waals surface area contributed by atoms with Crippen LogP contribution < -0.4 is 5.32 Å². The van der Waals surface area contributed by atoms with Crippen LogP contribution in [0.15, 0.2) is 23.3 Å². The average Bonchev–Trinajstić information content (AvgIpc) is 2.93. The summed E-state index contributed by atoms with van der Waals surface area (Å²) >= 11 is 2.08. The topological polar surface area (TPSA) is 43.4 Å². The Hall–Kier alpha value is -0.370. The highest BCUT2D eigenvalue weighted by Gasteiger charge is 2.15. The zero-order valence-electron chi connectivity index (χ0n) is 12.3. The Balaban J connectivity index is 0.00000200. The number of aromatic amines is 1. The average molecular weight is 408 g/mol. The second kappa shape index (κ2) is 9.55. The second-order valence-electron chi connectivity index (χ2n) is 5.04. The van der Waals surface area contributed by atoms with Gasteiger partial charge in [0, 0.05) is 32.5 Å². The number of nitrogens with zero attached hydrogens (tertiary/aromatic N) is 2. The van der Waals surface area contributed by atoms with Crippen molar-refractivity contribution >= 4 is 41.7 Å². The van der Waals surface area contributed by atoms with E-state index in [9.17, 15) is 0 Å². The van der Waals surface area contributed by atoms with Crippen molar-refractivity contribution in [1.82, 2.24) is 15.2 Å². The predicted molar refractivity (Wildman–Crippen MR) is 99.1 cm³/mol. The fraction of sp³-hybridized carbons (Fsp3) is 0.643. The van der Waals surface area contributed by atoms with Crippen LogP contribution in [-0.4, -0.2) is 48.0 Å². The van der Waals surface area contributed by atoms with E-state index in [-0.39, 0.29) is 24.0 Å². The molecule has 1 aliphatic rings. The van der Waals surface area contributed by atoms with Gasteiger partial charge < -0.3 is 15.2 Å². The molecule has 0 radical (unpaired) electrons. The third-order valence-corrected chi connectivity index (χ3v) is 4.58. The molecule has 1 aliphatic heterocycles. The minimum Gasteiger partial charge on any atom is -0.364 e. The summed E-state index contributed by atoms with van der Waals surface area (Å²) in [5, 5.41) is 3.50. The van der Waals surface area contributed by atoms with E-state index in [1.54, 1.807) is 0 Å². The van der Waals surface area contributed by atoms with Crippen molar-refractivity contribution in [2.75, 3.05) is 32.1 Å². The lowest BCUT2D eigenvalue weighted by Gasteiger charge is -2.26. The van der Waals surface area contributed by atoms with Crippen LogP contribution in [0, 0.1) is 5.92 Å². The molecular weight excluding hydrogens is 383 g/mol. The van der Waals surface area contributed by atoms with Gasteiger partial charge in [0.25, 0.3) is 0 Å². The smallest absolute Gasteiger partial charge is 0.193 e. The number of guanidine groups is 1. The Kier molecular flexibility index (Phi) is 8.44. The van der Waals surface area contributed by atoms with E-state index >= 15 is 0 Å². The molecule has 0 saturated carbocycles. The highest BCUT2D eigenvalue weighted by atomic mass is 127. The molecule has 0 unspecified atom stereocenters. The quantitative estimate of drug-likeness (QED) is 0.458. The molecule has 1 aromatic heterocycles. The Labute approximate surface area is 143 Å². The van der Waals surface area contributed by atoms with E-state index in [0.29, 0.717) is 0 Å². The first-order chi connectivity index (χ1) is 9.29. The molecule has 1 saturated heterocycles. The third-order valence-electron chi connectivity index (χ3n) is 3.53. The van der Waals surface area contributed by atoms with E-state index in [1.807, 2.05) is 19.3 Å². The fourth-order valence-electron chi connectivity index (χ4n) is 2.37. The van der Waals surface area contributed by atoms with Crippen LogP contribution in [0.5, 0.6) is 0 Å². The summed E-state index contributed by atoms with van der Waals surface area (Å²) in [6.45, 7) is 1.90. The normalized spacial score (nSPS) is 16.6. The van der Waals surface area contributed by atoms with E-state index in [1.165, 1.54) is 30.0 Å². The van der Waals surface area contributed by atoms with Crippen LogP contribution in [0.4, 0.5) is 0 Å². The van der Waals surface area contributed by atoms with Gasteiger partial charge >= 0.3 is 0 Å². The molecule has 1 fully saturated rings. The van der Waals surface area contributed by atoms with Gasteiger partial charge in [-0.2, -0.15) is 11.8 Å². The maximum atomic E-state index is 4.37. The van der Waals surface area contributed by atoms with Gasteiger partial charge in [0.15, 0.2) is 5.96 Å². The number of nitrogens with one attached hydrogen (secondary N) is 2. The Morgan fingerprint density at radius 3 is 2.85 bits per heavy atom. The lowest BCUT2D eigenvalue weighted by Crippen LogP contribution is -2.41. The van der Waals surface area contributed by atoms with Crippen molar-refractivity contribution in [2.24, 2.45) is 10.9 Å². The van der Waals surface area contributed by atoms with Crippen molar-refractivity contribution < 1.29 is 0 Å². The van der Waals surface area contributed by atoms with Crippen molar-refractivity contribution in [3.63, 3.8) is 0 Å². The summed E-state index contributed by atoms with van der Waals surface area (Å²) in [4.78, 5) is 9.75. The predicted octanol–water partition coefficient (Wildman–Crippen LogP) is 2.78. The first-order valence-corrected chi connectivity index (χ1v) is 8.07. The van der Waals surface area contributed by atoms with Gasteiger partial charge in [-0.3, -0.25) is 4.99 Å². The summed E-state index contributed by atoms with van der Waals surface area (Å²) in [6, 6.07) is 4.13. The third kappa shape index (κ3) is 5.55. The highest BCUT2D eigenvalue weighted by Crippen LogP contribution is 2.21. The van der Waals surface area contributed by atoms with Gasteiger partial charge in [-0.1, -0.05) is 0 Å². The second-order valence-corrected chi connectivity index (χ2v) is 6.26. The van der Waals surface area contributed by atoms with Crippen molar-refractivity contribution in [3.05, 3.63) is 24.0 Å². The molecule has 6 heteroatoms. The van der Waals surface area contributed by atoms with Crippen LogP contribution in [0.2, 0.25) is 0 Å². The molecule has 0 aromatic carbocycles. The van der Waals surface area contributed by atoms with Gasteiger partial charge in [-0.05, 0) is 42.4 Å². The number of aliphatic imine (C=N–C) groups is 1. The monoisotopic (exact) mass is 408 g/mol. The standard InChI is InChI=1S/C14H24N4S.HI/c1-15-14(17-10-12-5-8-19-9-6-12)18(2)11-13-4-3-7-16-13;/h3-4,7,12,16H,5-6,8-11H2,1-2H3,(H,15,17);1H. The number of hydrogen-bond donors (Lipinski definition) is 2. The number of halogens is 1. The summed E-state index contributed by atoms with van der Waals surface area (Å²) in [5.74, 6) is 4.40. The number of thioether (sulfide) groups is 1. The molecule has 2 N–H and O–H groups in total. The van der Waals surface area contributed by atoms with E-state index in [4.69, 9.17) is 0 Å². The Morgan fingerprint density at radius 2 is 2.25 bits per heavy atom. The summed E-state index contributed by atoms with van der Waals surface area (Å²) < 4.78 is 0. The van der Waals surface area contributed by atoms with Gasteiger partial charge in [-0.25, -0.2) is 0 Å². The molecule has 114 valence electrons. The molecule has 0 atom stereocenters. The molecule has 0 spiro atoms. The van der Waals surface area contributed by atoms with Gasteiger partial charge in [0.2, 0.25) is 0 Å². The molecular formula is C14H25IN4S. The first-order valence-electron chi connectivity index (χ1n) is 6.91. The number of hydrogen-bond acceptors (Lipinski definition) is 2. The van der Waals surface area contributed by atoms with Gasteiger partial charge in [0.1, 0.15) is 0 Å². The lowest BCUT2D eigenvalue weighted by atomic mass is 10.0. The van der Waals surface area contributed by atoms with Gasteiger partial charge in [-0.15, -0.1) is 24.0 Å². The van der Waals surface area contributed by atoms with Crippen LogP contribution in [-0.2, 0) is 6.54 Å². The van der Waals surface area contributed by atoms with Crippen LogP contribution >= 0.6 is 35.7 Å². The zero-order valence-corrected chi connectivity index (χ0v) is 15.4. The van der Waals surface area contributed by atoms with Crippen molar-refractivity contribution in [1.29, 1.82) is 0 Å². The maximum Gasteiger partial charge on any atom is 0.193 e. The first kappa shape index (κ1) is 17.7. The molecule has 0 bridgehead atoms. The number of aromatic nitrogens is 1. The maximum absolute atomic E-state index is 4.37. The molecule has 20 heavy (non-hydrogen) atoms. The molecule has 0 amide bonds. The van der Waals surface area contributed by atoms with Crippen molar-refractivity contribution in [3.8, 4) is 0 Å². The van der Waals surface area contributed by atoms with Crippen LogP contribution in [0.25, 0.3) is 0 Å². The zero-order chi connectivity index (χ0) is 13.5. The number of H-pyrrole nitrogens is 1. The summed E-state index contributed by atoms with van der Waals surface area (Å²) in [7, 11) is 3.93. The molecule has 2 heterocycles. The van der Waals surface area contributed by atoms with E-state index < -0.39 is 0 Å². The van der Waals surface area contributed by atoms with E-state index in [0.717, 1.165) is 25.0 Å². The molecule has 0 aliphatic carbocycles. The highest BCUT2D eigenvalue weighted by molar-refractivity contribution is 14.0. The minimum atomic E-state index is 0. The SMILES string of the molecule is CN=C(NCC1CCSCC1)N(C)Cc1ccc[nH]1.I. The largest absolute Gasteiger partial charge is 0.364 e. The molecule has 1 aromatic rings. The Morgan fingerprint density at radius 1 is 1.50 bits per heavy atom. The fourth-order valence-corrected chi connectivity index (χ4v) is 3.57. The molecule has 2 rings (SSSR count).